The number of piperazine rings is 1. The third-order valence-corrected chi connectivity index (χ3v) is 5.14. The molecule has 1 aromatic carbocycles. The second-order valence-electron chi connectivity index (χ2n) is 6.92. The highest BCUT2D eigenvalue weighted by atomic mass is 35.5. The Morgan fingerprint density at radius 1 is 1.32 bits per heavy atom. The van der Waals surface area contributed by atoms with Gasteiger partial charge >= 0.3 is 0 Å². The van der Waals surface area contributed by atoms with E-state index in [1.165, 1.54) is 0 Å². The Morgan fingerprint density at radius 2 is 2.21 bits per heavy atom. The van der Waals surface area contributed by atoms with Crippen molar-refractivity contribution in [2.24, 2.45) is 0 Å². The summed E-state index contributed by atoms with van der Waals surface area (Å²) >= 11 is 6.01. The van der Waals surface area contributed by atoms with Gasteiger partial charge in [0.15, 0.2) is 0 Å². The van der Waals surface area contributed by atoms with Crippen LogP contribution in [0.1, 0.15) is 17.7 Å². The minimum atomic E-state index is -0.495. The smallest absolute Gasteiger partial charge is 0.237 e. The Hall–Kier alpha value is -2.77. The summed E-state index contributed by atoms with van der Waals surface area (Å²) in [5, 5.41) is 7.40. The van der Waals surface area contributed by atoms with Crippen molar-refractivity contribution < 1.29 is 14.0 Å². The van der Waals surface area contributed by atoms with Gasteiger partial charge < -0.3 is 20.0 Å². The van der Waals surface area contributed by atoms with Gasteiger partial charge in [-0.25, -0.2) is 0 Å². The monoisotopic (exact) mass is 400 g/mol. The maximum atomic E-state index is 12.5. The molecule has 1 atom stereocenters. The first-order chi connectivity index (χ1) is 13.6. The fraction of sp³-hybridized carbons (Fsp3) is 0.300. The molecule has 8 heteroatoms. The van der Waals surface area contributed by atoms with E-state index in [1.807, 2.05) is 35.2 Å². The van der Waals surface area contributed by atoms with Crippen molar-refractivity contribution >= 4 is 34.3 Å². The maximum Gasteiger partial charge on any atom is 0.237 e. The number of benzene rings is 1. The Labute approximate surface area is 167 Å². The van der Waals surface area contributed by atoms with Gasteiger partial charge in [-0.15, -0.1) is 0 Å². The summed E-state index contributed by atoms with van der Waals surface area (Å²) in [5.74, 6) is -0.291. The van der Waals surface area contributed by atoms with Crippen molar-refractivity contribution in [1.29, 1.82) is 0 Å². The lowest BCUT2D eigenvalue weighted by molar-refractivity contribution is -0.134. The molecular weight excluding hydrogens is 380 g/mol. The fourth-order valence-corrected chi connectivity index (χ4v) is 3.67. The highest BCUT2D eigenvalue weighted by molar-refractivity contribution is 6.31. The Bertz CT molecular complexity index is 983. The van der Waals surface area contributed by atoms with Crippen LogP contribution in [0.5, 0.6) is 0 Å². The molecule has 2 aromatic heterocycles. The molecule has 7 nitrogen and oxygen atoms in total. The highest BCUT2D eigenvalue weighted by Crippen LogP contribution is 2.20. The zero-order chi connectivity index (χ0) is 19.5. The first-order valence-electron chi connectivity index (χ1n) is 9.15. The number of rotatable bonds is 6. The summed E-state index contributed by atoms with van der Waals surface area (Å²) in [7, 11) is 0. The van der Waals surface area contributed by atoms with Crippen LogP contribution in [0.2, 0.25) is 5.02 Å². The first-order valence-corrected chi connectivity index (χ1v) is 9.53. The maximum absolute atomic E-state index is 12.5. The summed E-state index contributed by atoms with van der Waals surface area (Å²) in [6.07, 6.45) is 3.37. The molecule has 0 bridgehead atoms. The van der Waals surface area contributed by atoms with Gasteiger partial charge in [-0.3, -0.25) is 14.5 Å². The third-order valence-electron chi connectivity index (χ3n) is 4.90. The normalized spacial score (nSPS) is 17.6. The zero-order valence-corrected chi connectivity index (χ0v) is 16.0. The van der Waals surface area contributed by atoms with E-state index >= 15 is 0 Å². The molecule has 3 aromatic rings. The summed E-state index contributed by atoms with van der Waals surface area (Å²) in [4.78, 5) is 30.1. The molecule has 1 aliphatic rings. The van der Waals surface area contributed by atoms with Crippen molar-refractivity contribution in [2.75, 3.05) is 13.1 Å². The molecule has 2 amide bonds. The van der Waals surface area contributed by atoms with Gasteiger partial charge in [0.2, 0.25) is 11.8 Å². The molecule has 3 N–H and O–H groups in total. The molecule has 4 rings (SSSR count). The summed E-state index contributed by atoms with van der Waals surface area (Å²) in [5.41, 5.74) is 2.83. The molecule has 0 saturated carbocycles. The lowest BCUT2D eigenvalue weighted by Crippen LogP contribution is -2.56. The molecule has 1 aliphatic heterocycles. The number of furan rings is 1. The van der Waals surface area contributed by atoms with E-state index < -0.39 is 6.04 Å². The molecule has 1 fully saturated rings. The van der Waals surface area contributed by atoms with Crippen molar-refractivity contribution in [2.45, 2.75) is 25.6 Å². The molecule has 1 saturated heterocycles. The lowest BCUT2D eigenvalue weighted by Gasteiger charge is -2.34. The van der Waals surface area contributed by atoms with Crippen molar-refractivity contribution in [3.05, 3.63) is 59.1 Å². The zero-order valence-electron chi connectivity index (χ0n) is 15.2. The van der Waals surface area contributed by atoms with Crippen LogP contribution in [0.3, 0.4) is 0 Å². The van der Waals surface area contributed by atoms with Crippen LogP contribution in [-0.4, -0.2) is 40.8 Å². The van der Waals surface area contributed by atoms with Gasteiger partial charge in [0.1, 0.15) is 0 Å². The second-order valence-corrected chi connectivity index (χ2v) is 7.35. The topological polar surface area (TPSA) is 90.4 Å². The van der Waals surface area contributed by atoms with Crippen LogP contribution in [-0.2, 0) is 22.7 Å². The molecule has 28 heavy (non-hydrogen) atoms. The number of halogens is 1. The van der Waals surface area contributed by atoms with Crippen molar-refractivity contribution in [3.8, 4) is 0 Å². The Morgan fingerprint density at radius 3 is 3.04 bits per heavy atom. The number of fused-ring (bicyclic) bond motifs is 1. The van der Waals surface area contributed by atoms with Gasteiger partial charge in [0.05, 0.1) is 31.5 Å². The van der Waals surface area contributed by atoms with Crippen LogP contribution in [0, 0.1) is 0 Å². The molecular formula is C20H21ClN4O3. The molecule has 3 heterocycles. The van der Waals surface area contributed by atoms with Crippen molar-refractivity contribution in [3.63, 3.8) is 0 Å². The van der Waals surface area contributed by atoms with Gasteiger partial charge in [-0.1, -0.05) is 11.6 Å². The van der Waals surface area contributed by atoms with E-state index in [4.69, 9.17) is 16.0 Å². The number of nitrogens with one attached hydrogen (secondary N) is 3. The van der Waals surface area contributed by atoms with Crippen LogP contribution in [0.15, 0.2) is 47.3 Å². The number of amides is 2. The van der Waals surface area contributed by atoms with E-state index in [2.05, 4.69) is 15.6 Å². The number of hydrogen-bond acceptors (Lipinski definition) is 4. The minimum Gasteiger partial charge on any atom is -0.472 e. The molecule has 0 aliphatic carbocycles. The third kappa shape index (κ3) is 4.21. The number of nitrogens with zero attached hydrogens (tertiary/aromatic N) is 1. The first kappa shape index (κ1) is 18.6. The fourth-order valence-electron chi connectivity index (χ4n) is 3.49. The molecule has 146 valence electrons. The largest absolute Gasteiger partial charge is 0.472 e. The average Bonchev–Trinajstić information content (AvgIpc) is 3.32. The summed E-state index contributed by atoms with van der Waals surface area (Å²) in [6, 6.07) is 8.93. The summed E-state index contributed by atoms with van der Waals surface area (Å²) < 4.78 is 5.10. The van der Waals surface area contributed by atoms with E-state index in [0.717, 1.165) is 22.2 Å². The van der Waals surface area contributed by atoms with E-state index in [0.29, 0.717) is 31.2 Å². The van der Waals surface area contributed by atoms with Gasteiger partial charge in [-0.2, -0.15) is 0 Å². The number of aromatic amines is 1. The molecule has 0 spiro atoms. The second kappa shape index (κ2) is 8.08. The number of hydrogen-bond donors (Lipinski definition) is 3. The number of aromatic nitrogens is 1. The highest BCUT2D eigenvalue weighted by Gasteiger charge is 2.31. The lowest BCUT2D eigenvalue weighted by atomic mass is 10.1. The number of H-pyrrole nitrogens is 1. The van der Waals surface area contributed by atoms with Crippen LogP contribution < -0.4 is 10.6 Å². The minimum absolute atomic E-state index is 0.107. The standard InChI is InChI=1S/C20H21ClN4O3/c21-15-1-2-17-14(7-15)8-16(24-17)10-23-19(26)9-18-20(27)22-4-5-25(18)11-13-3-6-28-12-13/h1-3,6-8,12,18,24H,4-5,9-11H2,(H,22,27)(H,23,26). The molecule has 1 unspecified atom stereocenters. The van der Waals surface area contributed by atoms with E-state index in [1.54, 1.807) is 12.5 Å². The van der Waals surface area contributed by atoms with Gasteiger partial charge in [0, 0.05) is 46.8 Å². The number of carbonyl (C=O) groups is 2. The van der Waals surface area contributed by atoms with Gasteiger partial charge in [-0.05, 0) is 30.3 Å². The molecule has 0 radical (unpaired) electrons. The van der Waals surface area contributed by atoms with E-state index in [-0.39, 0.29) is 18.2 Å². The van der Waals surface area contributed by atoms with Crippen LogP contribution in [0.25, 0.3) is 10.9 Å². The van der Waals surface area contributed by atoms with Crippen LogP contribution in [0.4, 0.5) is 0 Å². The van der Waals surface area contributed by atoms with Crippen molar-refractivity contribution in [1.82, 2.24) is 20.5 Å². The quantitative estimate of drug-likeness (QED) is 0.592. The average molecular weight is 401 g/mol. The Kier molecular flexibility index (Phi) is 5.36. The SMILES string of the molecule is O=C(CC1C(=O)NCCN1Cc1ccoc1)NCc1cc2cc(Cl)ccc2[nH]1. The van der Waals surface area contributed by atoms with E-state index in [9.17, 15) is 9.59 Å². The Balaban J connectivity index is 1.37. The predicted octanol–water partition coefficient (Wildman–Crippen LogP) is 2.42. The van der Waals surface area contributed by atoms with Gasteiger partial charge in [0.25, 0.3) is 0 Å². The number of carbonyl (C=O) groups excluding carboxylic acids is 2. The predicted molar refractivity (Wildman–Crippen MR) is 106 cm³/mol. The summed E-state index contributed by atoms with van der Waals surface area (Å²) in [6.45, 7) is 2.20. The van der Waals surface area contributed by atoms with Crippen LogP contribution >= 0.6 is 11.6 Å².